The summed E-state index contributed by atoms with van der Waals surface area (Å²) in [7, 11) is 0. The van der Waals surface area contributed by atoms with Crippen LogP contribution in [0.5, 0.6) is 0 Å². The van der Waals surface area contributed by atoms with E-state index in [0.717, 1.165) is 0 Å². The molecule has 26 heavy (non-hydrogen) atoms. The maximum Gasteiger partial charge on any atom is 0.151 e. The summed E-state index contributed by atoms with van der Waals surface area (Å²) >= 11 is 0. The molecule has 1 spiro atoms. The lowest BCUT2D eigenvalue weighted by Crippen LogP contribution is -3.35. The fourth-order valence-electron chi connectivity index (χ4n) is 5.87. The average molecular weight is 371 g/mol. The number of hydrogen-bond donors (Lipinski definition) is 4. The van der Waals surface area contributed by atoms with Gasteiger partial charge in [0, 0.05) is 16.9 Å². The molecule has 5 fully saturated rings. The zero-order valence-corrected chi connectivity index (χ0v) is 14.8. The van der Waals surface area contributed by atoms with Gasteiger partial charge in [0.15, 0.2) is 6.10 Å². The molecular formula is C15H25N5O6. The number of fused-ring (bicyclic) bond motifs is 3. The van der Waals surface area contributed by atoms with Gasteiger partial charge in [-0.3, -0.25) is 4.99 Å². The van der Waals surface area contributed by atoms with Crippen LogP contribution in [0.3, 0.4) is 0 Å². The number of nitrogens with one attached hydrogen (secondary N) is 3. The third kappa shape index (κ3) is 1.93. The van der Waals surface area contributed by atoms with Crippen LogP contribution in [0.4, 0.5) is 0 Å². The van der Waals surface area contributed by atoms with Crippen molar-refractivity contribution in [2.45, 2.75) is 68.8 Å². The highest BCUT2D eigenvalue weighted by atomic mass is 17.0. The summed E-state index contributed by atoms with van der Waals surface area (Å²) in [6.45, 7) is 7.79. The third-order valence-corrected chi connectivity index (χ3v) is 7.54. The monoisotopic (exact) mass is 371 g/mol. The topological polar surface area (TPSA) is 146 Å². The number of ether oxygens (including phenoxy) is 2. The largest absolute Gasteiger partial charge is 0.576 e. The van der Waals surface area contributed by atoms with Gasteiger partial charge in [0.2, 0.25) is 0 Å². The fraction of sp³-hybridized carbons (Fsp3) is 0.933. The minimum atomic E-state index is -0.844. The van der Waals surface area contributed by atoms with Crippen LogP contribution in [0.25, 0.3) is 0 Å². The molecule has 0 amide bonds. The summed E-state index contributed by atoms with van der Waals surface area (Å²) in [5, 5.41) is 22.4. The van der Waals surface area contributed by atoms with Gasteiger partial charge in [-0.2, -0.15) is 9.68 Å². The van der Waals surface area contributed by atoms with E-state index in [-0.39, 0.29) is 31.0 Å². The molecule has 2 saturated carbocycles. The molecule has 5 aliphatic rings. The number of nitrogens with two attached hydrogens (primary N) is 1. The first-order valence-corrected chi connectivity index (χ1v) is 8.94. The van der Waals surface area contributed by atoms with Gasteiger partial charge >= 0.3 is 0 Å². The summed E-state index contributed by atoms with van der Waals surface area (Å²) in [6.07, 6.45) is -0.139. The molecule has 3 aliphatic heterocycles. The lowest BCUT2D eigenvalue weighted by atomic mass is 9.52. The Morgan fingerprint density at radius 3 is 2.69 bits per heavy atom. The highest BCUT2D eigenvalue weighted by Crippen LogP contribution is 2.68. The van der Waals surface area contributed by atoms with Crippen LogP contribution in [0.2, 0.25) is 0 Å². The first-order chi connectivity index (χ1) is 12.2. The van der Waals surface area contributed by atoms with E-state index in [1.807, 2.05) is 6.92 Å². The molecule has 11 nitrogen and oxygen atoms in total. The Bertz CT molecular complexity index is 642. The maximum absolute atomic E-state index is 12.1. The Balaban J connectivity index is 1.64. The van der Waals surface area contributed by atoms with Crippen LogP contribution in [0, 0.1) is 21.2 Å². The highest BCUT2D eigenvalue weighted by Gasteiger charge is 2.79. The SMILES string of the molecule is C=N[C@H]1C2C[C@]3(C)[C@@H]1O[NH+]([O-])N[NH+]([O-])OCC31C[C@H](N)[C@@]3(C)OC3C1O2. The molecule has 5 N–H and O–H groups in total. The van der Waals surface area contributed by atoms with Gasteiger partial charge in [0.1, 0.15) is 24.4 Å². The van der Waals surface area contributed by atoms with Crippen molar-refractivity contribution in [2.24, 2.45) is 21.6 Å². The van der Waals surface area contributed by atoms with Crippen LogP contribution in [-0.4, -0.2) is 55.4 Å². The summed E-state index contributed by atoms with van der Waals surface area (Å²) in [4.78, 5) is 15.3. The van der Waals surface area contributed by atoms with Crippen LogP contribution >= 0.6 is 0 Å². The van der Waals surface area contributed by atoms with Crippen molar-refractivity contribution >= 4 is 6.72 Å². The zero-order chi connectivity index (χ0) is 18.5. The van der Waals surface area contributed by atoms with Gasteiger partial charge in [-0.25, -0.2) is 0 Å². The molecular weight excluding hydrogens is 346 g/mol. The van der Waals surface area contributed by atoms with E-state index >= 15 is 0 Å². The first-order valence-electron chi connectivity index (χ1n) is 8.94. The van der Waals surface area contributed by atoms with E-state index in [2.05, 4.69) is 24.2 Å². The molecule has 2 bridgehead atoms. The number of epoxide rings is 1. The Morgan fingerprint density at radius 2 is 1.96 bits per heavy atom. The summed E-state index contributed by atoms with van der Waals surface area (Å²) in [6, 6.07) is -0.650. The predicted molar refractivity (Wildman–Crippen MR) is 85.6 cm³/mol. The molecule has 5 rings (SSSR count). The molecule has 3 heterocycles. The minimum absolute atomic E-state index is 0.0767. The highest BCUT2D eigenvalue weighted by molar-refractivity contribution is 5.31. The maximum atomic E-state index is 12.1. The first kappa shape index (κ1) is 17.4. The van der Waals surface area contributed by atoms with Crippen molar-refractivity contribution in [3.63, 3.8) is 0 Å². The predicted octanol–water partition coefficient (Wildman–Crippen LogP) is -3.46. The minimum Gasteiger partial charge on any atom is -0.576 e. The Kier molecular flexibility index (Phi) is 3.48. The van der Waals surface area contributed by atoms with E-state index in [0.29, 0.717) is 12.8 Å². The summed E-state index contributed by atoms with van der Waals surface area (Å²) in [5.74, 6) is 0. The summed E-state index contributed by atoms with van der Waals surface area (Å²) < 4.78 is 12.4. The van der Waals surface area contributed by atoms with Crippen LogP contribution in [-0.2, 0) is 19.1 Å². The smallest absolute Gasteiger partial charge is 0.151 e. The van der Waals surface area contributed by atoms with E-state index in [4.69, 9.17) is 24.9 Å². The van der Waals surface area contributed by atoms with Gasteiger partial charge in [-0.05, 0) is 26.5 Å². The Labute approximate surface area is 150 Å². The molecule has 3 saturated heterocycles. The normalized spacial score (nSPS) is 63.7. The summed E-state index contributed by atoms with van der Waals surface area (Å²) in [5.41, 5.74) is 6.96. The number of hydrogen-bond acceptors (Lipinski definition) is 9. The standard InChI is InChI=1S/C15H25N5O6/c1-13-4-7-9(17-3)10(13)26-20(22)18-19(21)23-6-15(13)5-8(16)14(2)11(25-14)12(15)24-7/h7-12,18-20H,3-6,16H2,1-2H3/t7?,8-,9-,10+,11?,12?,13+,14+,15?/m0/s1. The van der Waals surface area contributed by atoms with E-state index in [9.17, 15) is 10.4 Å². The van der Waals surface area contributed by atoms with E-state index < -0.39 is 39.2 Å². The van der Waals surface area contributed by atoms with E-state index in [1.165, 1.54) is 0 Å². The average Bonchev–Trinajstić information content (AvgIpc) is 3.20. The van der Waals surface area contributed by atoms with Crippen molar-refractivity contribution < 1.29 is 29.8 Å². The Morgan fingerprint density at radius 1 is 1.19 bits per heavy atom. The number of rotatable bonds is 1. The molecule has 11 heteroatoms. The van der Waals surface area contributed by atoms with Gasteiger partial charge < -0.3 is 25.6 Å². The molecule has 11 atom stereocenters. The number of quaternary nitrogens is 2. The second-order valence-electron chi connectivity index (χ2n) is 8.61. The van der Waals surface area contributed by atoms with Crippen molar-refractivity contribution in [3.8, 4) is 0 Å². The van der Waals surface area contributed by atoms with Crippen molar-refractivity contribution in [3.05, 3.63) is 10.4 Å². The molecule has 0 radical (unpaired) electrons. The second-order valence-corrected chi connectivity index (χ2v) is 8.61. The zero-order valence-electron chi connectivity index (χ0n) is 14.8. The number of aliphatic imine (C=N–C) groups is 1. The third-order valence-electron chi connectivity index (χ3n) is 7.54. The fourth-order valence-corrected chi connectivity index (χ4v) is 5.87. The molecule has 2 aliphatic carbocycles. The van der Waals surface area contributed by atoms with Gasteiger partial charge in [-0.1, -0.05) is 17.6 Å². The van der Waals surface area contributed by atoms with Gasteiger partial charge in [0.05, 0.1) is 17.7 Å². The second kappa shape index (κ2) is 5.20. The van der Waals surface area contributed by atoms with E-state index in [1.54, 1.807) is 0 Å². The lowest BCUT2D eigenvalue weighted by Gasteiger charge is -2.56. The molecule has 0 aromatic carbocycles. The molecule has 0 aromatic heterocycles. The quantitative estimate of drug-likeness (QED) is 0.211. The Hall–Kier alpha value is -0.730. The molecule has 146 valence electrons. The van der Waals surface area contributed by atoms with Crippen molar-refractivity contribution in [1.29, 1.82) is 0 Å². The lowest BCUT2D eigenvalue weighted by molar-refractivity contribution is -1.27. The van der Waals surface area contributed by atoms with Gasteiger partial charge in [-0.15, -0.1) is 0 Å². The van der Waals surface area contributed by atoms with Crippen LogP contribution in [0.15, 0.2) is 4.99 Å². The van der Waals surface area contributed by atoms with Gasteiger partial charge in [0.25, 0.3) is 0 Å². The molecule has 6 unspecified atom stereocenters. The molecule has 0 aromatic rings. The van der Waals surface area contributed by atoms with Crippen molar-refractivity contribution in [1.82, 2.24) is 5.53 Å². The van der Waals surface area contributed by atoms with Crippen molar-refractivity contribution in [2.75, 3.05) is 6.61 Å². The van der Waals surface area contributed by atoms with Crippen LogP contribution in [0.1, 0.15) is 26.7 Å². The number of nitrogens with zero attached hydrogens (tertiary/aromatic N) is 1. The van der Waals surface area contributed by atoms with Crippen LogP contribution < -0.4 is 21.9 Å².